The summed E-state index contributed by atoms with van der Waals surface area (Å²) in [6.45, 7) is 0.635. The molecule has 4 rings (SSSR count). The number of fused-ring (bicyclic) bond motifs is 1. The highest BCUT2D eigenvalue weighted by Gasteiger charge is 2.51. The molecule has 2 aliphatic heterocycles. The molecule has 2 aliphatic rings. The van der Waals surface area contributed by atoms with Crippen LogP contribution in [0.3, 0.4) is 0 Å². The van der Waals surface area contributed by atoms with Gasteiger partial charge in [0.15, 0.2) is 0 Å². The zero-order chi connectivity index (χ0) is 14.9. The van der Waals surface area contributed by atoms with E-state index >= 15 is 0 Å². The minimum absolute atomic E-state index is 0.0480. The Bertz CT molecular complexity index is 684. The molecule has 4 nitrogen and oxygen atoms in total. The Balaban J connectivity index is 1.91. The maximum Gasteiger partial charge on any atom is 0.298 e. The van der Waals surface area contributed by atoms with Crippen molar-refractivity contribution in [3.05, 3.63) is 71.8 Å². The summed E-state index contributed by atoms with van der Waals surface area (Å²) in [5, 5.41) is 0. The van der Waals surface area contributed by atoms with Crippen molar-refractivity contribution in [2.24, 2.45) is 5.92 Å². The average molecular weight is 293 g/mol. The van der Waals surface area contributed by atoms with Crippen LogP contribution in [0.25, 0.3) is 0 Å². The van der Waals surface area contributed by atoms with Crippen LogP contribution in [-0.4, -0.2) is 29.1 Å². The lowest BCUT2D eigenvalue weighted by Crippen LogP contribution is -2.36. The van der Waals surface area contributed by atoms with Gasteiger partial charge in [-0.15, -0.1) is 5.43 Å². The van der Waals surface area contributed by atoms with E-state index in [1.165, 1.54) is 0 Å². The molecule has 2 aromatic rings. The SMILES string of the molecule is O=C1N[N+](=C(c2ccccc2)c2ccccc2)[C@H]2OCC[C@@H]12. The van der Waals surface area contributed by atoms with Crippen LogP contribution in [0.5, 0.6) is 0 Å². The molecule has 2 aromatic carbocycles. The zero-order valence-corrected chi connectivity index (χ0v) is 12.1. The predicted octanol–water partition coefficient (Wildman–Crippen LogP) is 1.94. The van der Waals surface area contributed by atoms with Crippen LogP contribution >= 0.6 is 0 Å². The van der Waals surface area contributed by atoms with Crippen LogP contribution in [0, 0.1) is 5.92 Å². The van der Waals surface area contributed by atoms with Gasteiger partial charge in [-0.05, 0) is 30.7 Å². The lowest BCUT2D eigenvalue weighted by Gasteiger charge is -2.09. The molecule has 110 valence electrons. The Labute approximate surface area is 129 Å². The molecule has 2 heterocycles. The van der Waals surface area contributed by atoms with E-state index in [9.17, 15) is 4.79 Å². The van der Waals surface area contributed by atoms with E-state index in [-0.39, 0.29) is 18.1 Å². The fourth-order valence-corrected chi connectivity index (χ4v) is 3.17. The molecule has 1 N–H and O–H groups in total. The first-order valence-corrected chi connectivity index (χ1v) is 7.54. The first-order chi connectivity index (χ1) is 10.8. The minimum Gasteiger partial charge on any atom is -0.319 e. The fourth-order valence-electron chi connectivity index (χ4n) is 3.17. The largest absolute Gasteiger partial charge is 0.319 e. The summed E-state index contributed by atoms with van der Waals surface area (Å²) in [5.41, 5.74) is 6.08. The molecular weight excluding hydrogens is 276 g/mol. The second-order valence-corrected chi connectivity index (χ2v) is 5.58. The zero-order valence-electron chi connectivity index (χ0n) is 12.1. The molecule has 0 unspecified atom stereocenters. The van der Waals surface area contributed by atoms with Crippen molar-refractivity contribution in [1.29, 1.82) is 0 Å². The molecule has 0 bridgehead atoms. The summed E-state index contributed by atoms with van der Waals surface area (Å²) < 4.78 is 7.70. The Morgan fingerprint density at radius 3 is 2.18 bits per heavy atom. The molecule has 0 aromatic heterocycles. The third-order valence-corrected chi connectivity index (χ3v) is 4.22. The average Bonchev–Trinajstić information content (AvgIpc) is 3.15. The third kappa shape index (κ3) is 2.12. The minimum atomic E-state index is -0.220. The summed E-state index contributed by atoms with van der Waals surface area (Å²) in [4.78, 5) is 12.2. The number of nitrogens with one attached hydrogen (secondary N) is 1. The van der Waals surface area contributed by atoms with Crippen molar-refractivity contribution in [2.75, 3.05) is 6.61 Å². The molecular formula is C18H17N2O2+. The van der Waals surface area contributed by atoms with Gasteiger partial charge in [0.05, 0.1) is 6.61 Å². The highest BCUT2D eigenvalue weighted by molar-refractivity contribution is 6.10. The molecule has 0 saturated carbocycles. The highest BCUT2D eigenvalue weighted by atomic mass is 16.5. The smallest absolute Gasteiger partial charge is 0.298 e. The van der Waals surface area contributed by atoms with E-state index in [2.05, 4.69) is 29.7 Å². The lowest BCUT2D eigenvalue weighted by atomic mass is 10.0. The van der Waals surface area contributed by atoms with Crippen molar-refractivity contribution >= 4 is 11.6 Å². The molecule has 2 fully saturated rings. The Kier molecular flexibility index (Phi) is 3.24. The van der Waals surface area contributed by atoms with Crippen LogP contribution in [-0.2, 0) is 9.53 Å². The van der Waals surface area contributed by atoms with E-state index in [4.69, 9.17) is 4.74 Å². The maximum absolute atomic E-state index is 12.2. The molecule has 2 atom stereocenters. The second kappa shape index (κ2) is 5.39. The number of ether oxygens (including phenoxy) is 1. The number of nitrogens with zero attached hydrogens (tertiary/aromatic N) is 1. The third-order valence-electron chi connectivity index (χ3n) is 4.22. The van der Waals surface area contributed by atoms with Gasteiger partial charge in [0.2, 0.25) is 5.71 Å². The van der Waals surface area contributed by atoms with Gasteiger partial charge in [0.1, 0.15) is 5.92 Å². The summed E-state index contributed by atoms with van der Waals surface area (Å²) in [5.74, 6) is -0.0331. The Hall–Kier alpha value is -2.46. The van der Waals surface area contributed by atoms with Gasteiger partial charge >= 0.3 is 0 Å². The number of benzene rings is 2. The molecule has 1 amide bonds. The van der Waals surface area contributed by atoms with Gasteiger partial charge < -0.3 is 4.74 Å². The number of hydrazone groups is 1. The van der Waals surface area contributed by atoms with E-state index in [0.717, 1.165) is 23.3 Å². The number of carbonyl (C=O) groups is 1. The van der Waals surface area contributed by atoms with E-state index < -0.39 is 0 Å². The number of hydrogen-bond donors (Lipinski definition) is 1. The van der Waals surface area contributed by atoms with Crippen molar-refractivity contribution in [1.82, 2.24) is 5.43 Å². The van der Waals surface area contributed by atoms with Crippen LogP contribution in [0.1, 0.15) is 17.5 Å². The number of hydrazine groups is 1. The Morgan fingerprint density at radius 2 is 1.59 bits per heavy atom. The number of hydrogen-bond acceptors (Lipinski definition) is 2. The predicted molar refractivity (Wildman–Crippen MR) is 82.3 cm³/mol. The van der Waals surface area contributed by atoms with Crippen LogP contribution < -0.4 is 5.43 Å². The van der Waals surface area contributed by atoms with Gasteiger partial charge in [-0.2, -0.15) is 0 Å². The normalized spacial score (nSPS) is 23.3. The molecule has 4 heteroatoms. The summed E-state index contributed by atoms with van der Waals surface area (Å²) in [7, 11) is 0. The van der Waals surface area contributed by atoms with Crippen molar-refractivity contribution in [2.45, 2.75) is 12.6 Å². The number of carbonyl (C=O) groups excluding carboxylic acids is 1. The van der Waals surface area contributed by atoms with Gasteiger partial charge in [0.25, 0.3) is 12.1 Å². The van der Waals surface area contributed by atoms with E-state index in [1.54, 1.807) is 0 Å². The van der Waals surface area contributed by atoms with Crippen LogP contribution in [0.15, 0.2) is 60.7 Å². The molecule has 0 spiro atoms. The molecule has 0 radical (unpaired) electrons. The van der Waals surface area contributed by atoms with Crippen molar-refractivity contribution < 1.29 is 14.2 Å². The topological polar surface area (TPSA) is 41.3 Å². The first kappa shape index (κ1) is 13.2. The standard InChI is InChI=1S/C18H16N2O2/c21-17-15-11-12-22-18(15)20(19-17)16(13-7-3-1-4-8-13)14-9-5-2-6-10-14/h1-10,15,18H,11-12H2/p+1/t15-,18-/m0/s1. The van der Waals surface area contributed by atoms with Gasteiger partial charge in [-0.3, -0.25) is 4.79 Å². The first-order valence-electron chi connectivity index (χ1n) is 7.54. The fraction of sp³-hybridized carbons (Fsp3) is 0.222. The molecule has 2 saturated heterocycles. The van der Waals surface area contributed by atoms with E-state index in [1.807, 2.05) is 41.1 Å². The van der Waals surface area contributed by atoms with Crippen LogP contribution in [0.4, 0.5) is 0 Å². The summed E-state index contributed by atoms with van der Waals surface area (Å²) in [6.07, 6.45) is 0.562. The highest BCUT2D eigenvalue weighted by Crippen LogP contribution is 2.27. The molecule has 0 aliphatic carbocycles. The summed E-state index contributed by atoms with van der Waals surface area (Å²) in [6, 6.07) is 20.2. The summed E-state index contributed by atoms with van der Waals surface area (Å²) >= 11 is 0. The maximum atomic E-state index is 12.2. The number of amides is 1. The molecule has 22 heavy (non-hydrogen) atoms. The van der Waals surface area contributed by atoms with Crippen molar-refractivity contribution in [3.63, 3.8) is 0 Å². The van der Waals surface area contributed by atoms with E-state index in [0.29, 0.717) is 6.61 Å². The number of rotatable bonds is 2. The Morgan fingerprint density at radius 1 is 1.00 bits per heavy atom. The van der Waals surface area contributed by atoms with Gasteiger partial charge in [-0.1, -0.05) is 41.1 Å². The van der Waals surface area contributed by atoms with Crippen molar-refractivity contribution in [3.8, 4) is 0 Å². The monoisotopic (exact) mass is 293 g/mol. The second-order valence-electron chi connectivity index (χ2n) is 5.58. The lowest BCUT2D eigenvalue weighted by molar-refractivity contribution is -0.633. The van der Waals surface area contributed by atoms with Gasteiger partial charge in [0, 0.05) is 11.1 Å². The quantitative estimate of drug-likeness (QED) is 0.860. The van der Waals surface area contributed by atoms with Gasteiger partial charge in [-0.25, -0.2) is 0 Å². The van der Waals surface area contributed by atoms with Crippen LogP contribution in [0.2, 0.25) is 0 Å².